The molecule has 0 atom stereocenters. The smallest absolute Gasteiger partial charge is 0.259 e. The van der Waals surface area contributed by atoms with Crippen LogP contribution in [0.15, 0.2) is 56.5 Å². The van der Waals surface area contributed by atoms with Crippen molar-refractivity contribution in [3.63, 3.8) is 0 Å². The molecule has 1 aliphatic heterocycles. The zero-order valence-corrected chi connectivity index (χ0v) is 20.2. The molecule has 0 saturated heterocycles. The molecule has 0 amide bonds. The summed E-state index contributed by atoms with van der Waals surface area (Å²) in [6, 6.07) is 10.8. The highest BCUT2D eigenvalue weighted by molar-refractivity contribution is 5.87. The van der Waals surface area contributed by atoms with Crippen LogP contribution in [0.4, 0.5) is 0 Å². The Morgan fingerprint density at radius 3 is 2.50 bits per heavy atom. The van der Waals surface area contributed by atoms with Gasteiger partial charge in [-0.15, -0.1) is 0 Å². The Bertz CT molecular complexity index is 1850. The third-order valence-electron chi connectivity index (χ3n) is 6.19. The molecule has 5 aromatic rings. The van der Waals surface area contributed by atoms with E-state index in [4.69, 9.17) is 18.6 Å². The summed E-state index contributed by atoms with van der Waals surface area (Å²) in [5.41, 5.74) is 0.570. The lowest BCUT2D eigenvalue weighted by molar-refractivity contribution is 0.172. The molecule has 1 aliphatic rings. The fourth-order valence-corrected chi connectivity index (χ4v) is 4.39. The van der Waals surface area contributed by atoms with Gasteiger partial charge in [-0.1, -0.05) is 0 Å². The van der Waals surface area contributed by atoms with Crippen molar-refractivity contribution in [3.8, 4) is 62.8 Å². The largest absolute Gasteiger partial charge is 0.504 e. The van der Waals surface area contributed by atoms with Crippen LogP contribution in [0, 0.1) is 6.92 Å². The van der Waals surface area contributed by atoms with E-state index in [1.807, 2.05) is 0 Å². The quantitative estimate of drug-likeness (QED) is 0.280. The molecule has 0 saturated carbocycles. The molecule has 2 aromatic carbocycles. The van der Waals surface area contributed by atoms with Crippen molar-refractivity contribution in [2.45, 2.75) is 6.92 Å². The minimum atomic E-state index is -0.635. The predicted octanol–water partition coefficient (Wildman–Crippen LogP) is 3.70. The van der Waals surface area contributed by atoms with Gasteiger partial charge in [-0.25, -0.2) is 4.98 Å². The monoisotopic (exact) mass is 515 g/mol. The summed E-state index contributed by atoms with van der Waals surface area (Å²) < 4.78 is 22.2. The van der Waals surface area contributed by atoms with Gasteiger partial charge in [-0.2, -0.15) is 0 Å². The number of ether oxygens (including phenoxy) is 3. The minimum absolute atomic E-state index is 0.0843. The Morgan fingerprint density at radius 1 is 0.974 bits per heavy atom. The number of phenols is 1. The Kier molecular flexibility index (Phi) is 5.34. The van der Waals surface area contributed by atoms with Crippen molar-refractivity contribution < 1.29 is 28.8 Å². The van der Waals surface area contributed by atoms with Gasteiger partial charge in [-0.05, 0) is 37.3 Å². The van der Waals surface area contributed by atoms with Crippen LogP contribution in [0.1, 0.15) is 5.76 Å². The molecule has 11 heteroatoms. The Labute approximate surface area is 213 Å². The second-order valence-electron chi connectivity index (χ2n) is 8.69. The summed E-state index contributed by atoms with van der Waals surface area (Å²) in [6.45, 7) is 2.41. The van der Waals surface area contributed by atoms with Crippen LogP contribution < -0.4 is 25.2 Å². The number of fused-ring (bicyclic) bond motifs is 2. The van der Waals surface area contributed by atoms with Crippen molar-refractivity contribution in [2.75, 3.05) is 20.3 Å². The standard InChI is InChI=1S/C27H21N3O8/c1-12-7-18(32)24(33)25(38-12)23-22(13-3-4-17(31)19(9-13)35-2)29-26(30-23)15-8-14-10-20-21(37-6-5-36-20)11-16(14)28-27(15)34/h3-4,7-11,31,33H,5-6H2,1-2H3,(H,28,34)(H,29,30). The first-order chi connectivity index (χ1) is 18.3. The maximum Gasteiger partial charge on any atom is 0.259 e. The van der Waals surface area contributed by atoms with Crippen molar-refractivity contribution in [1.82, 2.24) is 15.0 Å². The lowest BCUT2D eigenvalue weighted by Crippen LogP contribution is -2.16. The number of methoxy groups -OCH3 is 1. The van der Waals surface area contributed by atoms with E-state index in [0.717, 1.165) is 0 Å². The topological polar surface area (TPSA) is 160 Å². The molecular formula is C27H21N3O8. The fourth-order valence-electron chi connectivity index (χ4n) is 4.39. The fraction of sp³-hybridized carbons (Fsp3) is 0.148. The van der Waals surface area contributed by atoms with E-state index >= 15 is 0 Å². The summed E-state index contributed by atoms with van der Waals surface area (Å²) in [5, 5.41) is 21.3. The van der Waals surface area contributed by atoms with E-state index < -0.39 is 16.7 Å². The van der Waals surface area contributed by atoms with Gasteiger partial charge in [0.15, 0.2) is 28.8 Å². The van der Waals surface area contributed by atoms with E-state index in [9.17, 15) is 19.8 Å². The highest BCUT2D eigenvalue weighted by Gasteiger charge is 2.24. The molecular weight excluding hydrogens is 494 g/mol. The highest BCUT2D eigenvalue weighted by atomic mass is 16.6. The van der Waals surface area contributed by atoms with Crippen LogP contribution in [0.2, 0.25) is 0 Å². The lowest BCUT2D eigenvalue weighted by atomic mass is 10.1. The van der Waals surface area contributed by atoms with Crippen LogP contribution in [0.5, 0.6) is 28.7 Å². The predicted molar refractivity (Wildman–Crippen MR) is 137 cm³/mol. The Morgan fingerprint density at radius 2 is 1.74 bits per heavy atom. The van der Waals surface area contributed by atoms with E-state index in [1.54, 1.807) is 31.2 Å². The van der Waals surface area contributed by atoms with Crippen molar-refractivity contribution in [1.29, 1.82) is 0 Å². The summed E-state index contributed by atoms with van der Waals surface area (Å²) >= 11 is 0. The van der Waals surface area contributed by atoms with Gasteiger partial charge >= 0.3 is 0 Å². The van der Waals surface area contributed by atoms with Gasteiger partial charge in [0, 0.05) is 23.1 Å². The first kappa shape index (κ1) is 23.2. The summed E-state index contributed by atoms with van der Waals surface area (Å²) in [7, 11) is 1.41. The summed E-state index contributed by atoms with van der Waals surface area (Å²) in [5.74, 6) is 0.864. The van der Waals surface area contributed by atoms with Crippen LogP contribution >= 0.6 is 0 Å². The number of nitrogens with one attached hydrogen (secondary N) is 2. The van der Waals surface area contributed by atoms with Gasteiger partial charge < -0.3 is 38.8 Å². The number of hydrogen-bond acceptors (Lipinski definition) is 9. The molecule has 4 N–H and O–H groups in total. The maximum atomic E-state index is 13.2. The van der Waals surface area contributed by atoms with E-state index in [2.05, 4.69) is 15.0 Å². The minimum Gasteiger partial charge on any atom is -0.504 e. The zero-order chi connectivity index (χ0) is 26.6. The molecule has 0 fully saturated rings. The molecule has 0 unspecified atom stereocenters. The van der Waals surface area contributed by atoms with E-state index in [0.29, 0.717) is 41.2 Å². The molecule has 38 heavy (non-hydrogen) atoms. The third kappa shape index (κ3) is 3.81. The van der Waals surface area contributed by atoms with Gasteiger partial charge in [-0.3, -0.25) is 9.59 Å². The van der Waals surface area contributed by atoms with Crippen molar-refractivity contribution in [3.05, 3.63) is 68.8 Å². The number of aromatic hydroxyl groups is 2. The molecule has 0 spiro atoms. The number of H-pyrrole nitrogens is 2. The molecule has 0 radical (unpaired) electrons. The molecule has 0 aliphatic carbocycles. The number of aromatic amines is 2. The van der Waals surface area contributed by atoms with Gasteiger partial charge in [0.25, 0.3) is 5.56 Å². The second-order valence-corrected chi connectivity index (χ2v) is 8.69. The van der Waals surface area contributed by atoms with Crippen LogP contribution in [0.3, 0.4) is 0 Å². The number of pyridine rings is 1. The molecule has 4 heterocycles. The van der Waals surface area contributed by atoms with E-state index in [-0.39, 0.29) is 45.8 Å². The second kappa shape index (κ2) is 8.73. The molecule has 6 rings (SSSR count). The van der Waals surface area contributed by atoms with E-state index in [1.165, 1.54) is 25.3 Å². The maximum absolute atomic E-state index is 13.2. The zero-order valence-electron chi connectivity index (χ0n) is 20.2. The number of aromatic nitrogens is 3. The molecule has 192 valence electrons. The van der Waals surface area contributed by atoms with Crippen LogP contribution in [-0.4, -0.2) is 45.5 Å². The number of phenolic OH excluding ortho intramolecular Hbond substituents is 1. The first-order valence-electron chi connectivity index (χ1n) is 11.6. The molecule has 11 nitrogen and oxygen atoms in total. The Hall–Kier alpha value is -5.19. The average molecular weight is 515 g/mol. The van der Waals surface area contributed by atoms with Gasteiger partial charge in [0.2, 0.25) is 11.2 Å². The van der Waals surface area contributed by atoms with Gasteiger partial charge in [0.1, 0.15) is 36.2 Å². The van der Waals surface area contributed by atoms with Crippen LogP contribution in [0.25, 0.3) is 45.0 Å². The summed E-state index contributed by atoms with van der Waals surface area (Å²) in [4.78, 5) is 36.0. The molecule has 3 aromatic heterocycles. The number of imidazole rings is 1. The average Bonchev–Trinajstić information content (AvgIpc) is 3.34. The normalized spacial score (nSPS) is 12.6. The third-order valence-corrected chi connectivity index (χ3v) is 6.19. The number of rotatable bonds is 4. The van der Waals surface area contributed by atoms with Gasteiger partial charge in [0.05, 0.1) is 18.2 Å². The van der Waals surface area contributed by atoms with Crippen molar-refractivity contribution in [2.24, 2.45) is 0 Å². The highest BCUT2D eigenvalue weighted by Crippen LogP contribution is 2.39. The SMILES string of the molecule is COc1cc(-c2nc(-c3cc4cc5c(cc4[nH]c3=O)OCCO5)[nH]c2-c2oc(C)cc(=O)c2O)ccc1O. The van der Waals surface area contributed by atoms with Crippen molar-refractivity contribution >= 4 is 10.9 Å². The first-order valence-corrected chi connectivity index (χ1v) is 11.6. The Balaban J connectivity index is 1.59. The number of aryl methyl sites for hydroxylation is 1. The number of nitrogens with zero attached hydrogens (tertiary/aromatic N) is 1. The lowest BCUT2D eigenvalue weighted by Gasteiger charge is -2.18. The summed E-state index contributed by atoms with van der Waals surface area (Å²) in [6.07, 6.45) is 0. The van der Waals surface area contributed by atoms with Crippen LogP contribution in [-0.2, 0) is 0 Å². The number of benzene rings is 2. The molecule has 0 bridgehead atoms. The number of hydrogen-bond donors (Lipinski definition) is 4.